The molecule has 0 bridgehead atoms. The van der Waals surface area contributed by atoms with Gasteiger partial charge in [0.2, 0.25) is 0 Å². The van der Waals surface area contributed by atoms with Gasteiger partial charge in [-0.1, -0.05) is 6.07 Å². The minimum Gasteiger partial charge on any atom is -0.365 e. The molecule has 0 saturated heterocycles. The molecule has 0 aromatic carbocycles. The van der Waals surface area contributed by atoms with Gasteiger partial charge in [0.25, 0.3) is 11.5 Å². The van der Waals surface area contributed by atoms with Crippen molar-refractivity contribution in [2.45, 2.75) is 6.92 Å². The normalized spacial score (nSPS) is 10.3. The molecule has 0 spiro atoms. The van der Waals surface area contributed by atoms with E-state index < -0.39 is 11.5 Å². The quantitative estimate of drug-likeness (QED) is 0.911. The second-order valence-corrected chi connectivity index (χ2v) is 4.54. The molecule has 2 heterocycles. The molecule has 0 saturated carbocycles. The number of halogens is 1. The van der Waals surface area contributed by atoms with Gasteiger partial charge in [0.1, 0.15) is 11.4 Å². The van der Waals surface area contributed by atoms with Crippen LogP contribution in [0.15, 0.2) is 39.7 Å². The fourth-order valence-corrected chi connectivity index (χ4v) is 2.02. The topological polar surface area (TPSA) is 78.0 Å². The predicted octanol–water partition coefficient (Wildman–Crippen LogP) is 1.40. The number of carbonyl (C=O) groups excluding carboxylic acids is 1. The third-order valence-electron chi connectivity index (χ3n) is 2.53. The van der Waals surface area contributed by atoms with E-state index in [1.807, 2.05) is 0 Å². The van der Waals surface area contributed by atoms with E-state index in [0.29, 0.717) is 16.0 Å². The molecule has 2 rings (SSSR count). The Morgan fingerprint density at radius 1 is 1.44 bits per heavy atom. The highest BCUT2D eigenvalue weighted by molar-refractivity contribution is 9.10. The van der Waals surface area contributed by atoms with E-state index in [1.54, 1.807) is 31.3 Å². The van der Waals surface area contributed by atoms with Crippen molar-refractivity contribution in [1.82, 2.24) is 9.55 Å². The summed E-state index contributed by atoms with van der Waals surface area (Å²) in [6, 6.07) is 6.63. The van der Waals surface area contributed by atoms with Gasteiger partial charge in [0.15, 0.2) is 0 Å². The number of hydrogen-bond donors (Lipinski definition) is 1. The lowest BCUT2D eigenvalue weighted by atomic mass is 10.2. The summed E-state index contributed by atoms with van der Waals surface area (Å²) in [5.74, 6) is -0.311. The highest BCUT2D eigenvalue weighted by atomic mass is 79.9. The molecule has 6 heteroatoms. The molecule has 0 radical (unpaired) electrons. The van der Waals surface area contributed by atoms with Crippen molar-refractivity contribution < 1.29 is 4.79 Å². The van der Waals surface area contributed by atoms with Crippen LogP contribution < -0.4 is 11.3 Å². The van der Waals surface area contributed by atoms with Crippen LogP contribution in [-0.4, -0.2) is 15.5 Å². The number of primary amides is 1. The minimum absolute atomic E-state index is 0.0712. The lowest BCUT2D eigenvalue weighted by Gasteiger charge is -2.11. The van der Waals surface area contributed by atoms with Crippen LogP contribution in [0.4, 0.5) is 0 Å². The number of aromatic nitrogens is 2. The first-order valence-electron chi connectivity index (χ1n) is 5.15. The summed E-state index contributed by atoms with van der Waals surface area (Å²) >= 11 is 3.30. The molecule has 2 aromatic rings. The third kappa shape index (κ3) is 2.06. The molecular weight excluding hydrogens is 298 g/mol. The average molecular weight is 308 g/mol. The van der Waals surface area contributed by atoms with Gasteiger partial charge in [-0.2, -0.15) is 0 Å². The number of rotatable bonds is 2. The van der Waals surface area contributed by atoms with Gasteiger partial charge in [-0.3, -0.25) is 14.2 Å². The van der Waals surface area contributed by atoms with E-state index in [4.69, 9.17) is 5.73 Å². The summed E-state index contributed by atoms with van der Waals surface area (Å²) in [4.78, 5) is 27.5. The monoisotopic (exact) mass is 307 g/mol. The molecule has 5 nitrogen and oxygen atoms in total. The van der Waals surface area contributed by atoms with E-state index >= 15 is 0 Å². The Morgan fingerprint density at radius 2 is 2.17 bits per heavy atom. The van der Waals surface area contributed by atoms with Crippen LogP contribution in [0.1, 0.15) is 16.1 Å². The molecule has 92 valence electrons. The maximum atomic E-state index is 12.2. The zero-order valence-electron chi connectivity index (χ0n) is 9.55. The molecule has 0 aliphatic rings. The summed E-state index contributed by atoms with van der Waals surface area (Å²) in [6.07, 6.45) is 1.58. The standard InChI is InChI=1S/C12H10BrN3O2/c1-7-9(13)6-8(11(14)17)12(18)16(7)10-4-2-3-5-15-10/h2-6H,1H3,(H2,14,17). The SMILES string of the molecule is Cc1c(Br)cc(C(N)=O)c(=O)n1-c1ccccn1. The second-order valence-electron chi connectivity index (χ2n) is 3.68. The highest BCUT2D eigenvalue weighted by Crippen LogP contribution is 2.17. The maximum Gasteiger partial charge on any atom is 0.269 e. The van der Waals surface area contributed by atoms with E-state index in [0.717, 1.165) is 0 Å². The van der Waals surface area contributed by atoms with Crippen LogP contribution in [-0.2, 0) is 0 Å². The smallest absolute Gasteiger partial charge is 0.269 e. The van der Waals surface area contributed by atoms with E-state index in [9.17, 15) is 9.59 Å². The van der Waals surface area contributed by atoms with Crippen LogP contribution in [0.5, 0.6) is 0 Å². The molecule has 0 fully saturated rings. The molecule has 0 aliphatic heterocycles. The molecule has 2 aromatic heterocycles. The van der Waals surface area contributed by atoms with E-state index in [2.05, 4.69) is 20.9 Å². The molecule has 0 aliphatic carbocycles. The van der Waals surface area contributed by atoms with Gasteiger partial charge in [-0.25, -0.2) is 4.98 Å². The summed E-state index contributed by atoms with van der Waals surface area (Å²) in [5.41, 5.74) is 5.30. The van der Waals surface area contributed by atoms with E-state index in [1.165, 1.54) is 10.6 Å². The number of nitrogens with two attached hydrogens (primary N) is 1. The lowest BCUT2D eigenvalue weighted by molar-refractivity contribution is 0.0998. The van der Waals surface area contributed by atoms with Crippen molar-refractivity contribution in [3.63, 3.8) is 0 Å². The van der Waals surface area contributed by atoms with Gasteiger partial charge >= 0.3 is 0 Å². The summed E-state index contributed by atoms with van der Waals surface area (Å²) in [7, 11) is 0. The average Bonchev–Trinajstić information content (AvgIpc) is 2.35. The zero-order valence-corrected chi connectivity index (χ0v) is 11.1. The van der Waals surface area contributed by atoms with Gasteiger partial charge in [0, 0.05) is 16.4 Å². The Hall–Kier alpha value is -1.95. The number of amides is 1. The van der Waals surface area contributed by atoms with Crippen LogP contribution >= 0.6 is 15.9 Å². The van der Waals surface area contributed by atoms with Gasteiger partial charge in [-0.05, 0) is 41.1 Å². The molecule has 1 amide bonds. The Balaban J connectivity index is 2.82. The highest BCUT2D eigenvalue weighted by Gasteiger charge is 2.15. The first kappa shape index (κ1) is 12.5. The first-order chi connectivity index (χ1) is 8.52. The van der Waals surface area contributed by atoms with Crippen LogP contribution in [0.3, 0.4) is 0 Å². The van der Waals surface area contributed by atoms with Crippen LogP contribution in [0.25, 0.3) is 5.82 Å². The zero-order chi connectivity index (χ0) is 13.3. The summed E-state index contributed by atoms with van der Waals surface area (Å²) < 4.78 is 1.98. The first-order valence-corrected chi connectivity index (χ1v) is 5.95. The maximum absolute atomic E-state index is 12.2. The second kappa shape index (κ2) is 4.73. The van der Waals surface area contributed by atoms with Crippen molar-refractivity contribution in [3.8, 4) is 5.82 Å². The number of nitrogens with zero attached hydrogens (tertiary/aromatic N) is 2. The molecule has 0 atom stereocenters. The fourth-order valence-electron chi connectivity index (χ4n) is 1.61. The van der Waals surface area contributed by atoms with Gasteiger partial charge < -0.3 is 5.73 Å². The van der Waals surface area contributed by atoms with Crippen LogP contribution in [0.2, 0.25) is 0 Å². The molecule has 18 heavy (non-hydrogen) atoms. The van der Waals surface area contributed by atoms with Crippen molar-refractivity contribution in [3.05, 3.63) is 56.5 Å². The molecule has 2 N–H and O–H groups in total. The van der Waals surface area contributed by atoms with Crippen molar-refractivity contribution in [2.24, 2.45) is 5.73 Å². The van der Waals surface area contributed by atoms with Crippen molar-refractivity contribution in [2.75, 3.05) is 0 Å². The largest absolute Gasteiger partial charge is 0.365 e. The number of hydrogen-bond acceptors (Lipinski definition) is 3. The van der Waals surface area contributed by atoms with Crippen LogP contribution in [0, 0.1) is 6.92 Å². The van der Waals surface area contributed by atoms with Gasteiger partial charge in [0.05, 0.1) is 0 Å². The predicted molar refractivity (Wildman–Crippen MR) is 70.8 cm³/mol. The van der Waals surface area contributed by atoms with Gasteiger partial charge in [-0.15, -0.1) is 0 Å². The number of pyridine rings is 2. The minimum atomic E-state index is -0.759. The molecular formula is C12H10BrN3O2. The third-order valence-corrected chi connectivity index (χ3v) is 3.33. The molecule has 0 unspecified atom stereocenters. The lowest BCUT2D eigenvalue weighted by Crippen LogP contribution is -2.30. The fraction of sp³-hybridized carbons (Fsp3) is 0.0833. The Labute approximate surface area is 111 Å². The Bertz CT molecular complexity index is 665. The van der Waals surface area contributed by atoms with E-state index in [-0.39, 0.29) is 5.56 Å². The Morgan fingerprint density at radius 3 is 2.72 bits per heavy atom. The van der Waals surface area contributed by atoms with Crippen molar-refractivity contribution >= 4 is 21.8 Å². The number of carbonyl (C=O) groups is 1. The summed E-state index contributed by atoms with van der Waals surface area (Å²) in [6.45, 7) is 1.75. The summed E-state index contributed by atoms with van der Waals surface area (Å²) in [5, 5.41) is 0. The Kier molecular flexibility index (Phi) is 3.29. The van der Waals surface area contributed by atoms with Crippen molar-refractivity contribution in [1.29, 1.82) is 0 Å².